The number of phenolic OH excluding ortho intramolecular Hbond substituents is 2. The van der Waals surface area contributed by atoms with Gasteiger partial charge in [0, 0.05) is 30.4 Å². The number of nitrogens with one attached hydrogen (secondary N) is 2. The molecule has 3 rings (SSSR count). The van der Waals surface area contributed by atoms with Crippen LogP contribution < -0.4 is 11.1 Å². The molecule has 1 aromatic carbocycles. The molecular weight excluding hydrogens is 258 g/mol. The molecule has 0 radical (unpaired) electrons. The summed E-state index contributed by atoms with van der Waals surface area (Å²) >= 11 is 0. The number of nitrogen functional groups attached to an aromatic ring is 1. The molecule has 6 N–H and O–H groups in total. The summed E-state index contributed by atoms with van der Waals surface area (Å²) in [4.78, 5) is 11.1. The summed E-state index contributed by atoms with van der Waals surface area (Å²) in [6.07, 6.45) is 3.46. The normalized spacial score (nSPS) is 10.8. The number of nitrogens with zero attached hydrogens (tertiary/aromatic N) is 2. The largest absolute Gasteiger partial charge is 0.508 e. The van der Waals surface area contributed by atoms with Gasteiger partial charge in [-0.2, -0.15) is 4.98 Å². The number of hydrogen-bond donors (Lipinski definition) is 5. The molecule has 102 valence electrons. The summed E-state index contributed by atoms with van der Waals surface area (Å²) in [6.45, 7) is 0.478. The monoisotopic (exact) mass is 271 g/mol. The van der Waals surface area contributed by atoms with Gasteiger partial charge >= 0.3 is 0 Å². The van der Waals surface area contributed by atoms with Crippen LogP contribution in [0.3, 0.4) is 0 Å². The average Bonchev–Trinajstić information content (AvgIpc) is 2.80. The van der Waals surface area contributed by atoms with E-state index in [0.717, 1.165) is 10.9 Å². The highest BCUT2D eigenvalue weighted by atomic mass is 16.3. The standard InChI is InChI=1S/C13H13N5O2/c14-13-17-6-9-7(5-16-12(9)18-13)4-15-10-2-1-8(19)3-11(10)20/h1-3,5-6,15,19-20H,4H2,(H3,14,16,17,18). The Kier molecular flexibility index (Phi) is 2.79. The third kappa shape index (κ3) is 2.16. The lowest BCUT2D eigenvalue weighted by atomic mass is 10.2. The zero-order valence-corrected chi connectivity index (χ0v) is 10.5. The molecule has 0 bridgehead atoms. The van der Waals surface area contributed by atoms with Gasteiger partial charge in [-0.25, -0.2) is 4.98 Å². The van der Waals surface area contributed by atoms with E-state index in [1.807, 2.05) is 6.20 Å². The number of rotatable bonds is 3. The first-order valence-electron chi connectivity index (χ1n) is 5.98. The van der Waals surface area contributed by atoms with E-state index in [9.17, 15) is 10.2 Å². The molecule has 7 nitrogen and oxygen atoms in total. The number of aromatic nitrogens is 3. The molecule has 0 aliphatic rings. The summed E-state index contributed by atoms with van der Waals surface area (Å²) in [7, 11) is 0. The summed E-state index contributed by atoms with van der Waals surface area (Å²) in [6, 6.07) is 4.39. The SMILES string of the molecule is Nc1ncc2c(CNc3ccc(O)cc3O)c[nH]c2n1. The first-order chi connectivity index (χ1) is 9.63. The third-order valence-corrected chi connectivity index (χ3v) is 2.99. The van der Waals surface area contributed by atoms with Gasteiger partial charge in [0.25, 0.3) is 0 Å². The zero-order valence-electron chi connectivity index (χ0n) is 10.5. The van der Waals surface area contributed by atoms with Crippen molar-refractivity contribution < 1.29 is 10.2 Å². The highest BCUT2D eigenvalue weighted by Crippen LogP contribution is 2.28. The van der Waals surface area contributed by atoms with Crippen LogP contribution in [-0.2, 0) is 6.54 Å². The molecule has 0 aliphatic heterocycles. The van der Waals surface area contributed by atoms with Gasteiger partial charge in [0.15, 0.2) is 0 Å². The van der Waals surface area contributed by atoms with E-state index in [4.69, 9.17) is 5.73 Å². The van der Waals surface area contributed by atoms with E-state index in [0.29, 0.717) is 17.9 Å². The minimum absolute atomic E-state index is 0.00895. The van der Waals surface area contributed by atoms with Gasteiger partial charge < -0.3 is 26.2 Å². The molecule has 0 spiro atoms. The molecule has 2 aromatic heterocycles. The lowest BCUT2D eigenvalue weighted by molar-refractivity contribution is 0.452. The van der Waals surface area contributed by atoms with Gasteiger partial charge in [-0.05, 0) is 17.7 Å². The predicted molar refractivity (Wildman–Crippen MR) is 75.4 cm³/mol. The van der Waals surface area contributed by atoms with Crippen molar-refractivity contribution >= 4 is 22.7 Å². The molecule has 0 saturated heterocycles. The molecule has 2 heterocycles. The minimum Gasteiger partial charge on any atom is -0.508 e. The number of benzene rings is 1. The van der Waals surface area contributed by atoms with Crippen LogP contribution in [-0.4, -0.2) is 25.2 Å². The number of phenols is 2. The first-order valence-corrected chi connectivity index (χ1v) is 5.98. The van der Waals surface area contributed by atoms with Crippen molar-refractivity contribution in [1.82, 2.24) is 15.0 Å². The van der Waals surface area contributed by atoms with Gasteiger partial charge in [0.1, 0.15) is 17.1 Å². The molecule has 0 saturated carbocycles. The lowest BCUT2D eigenvalue weighted by Gasteiger charge is -2.08. The Morgan fingerprint density at radius 2 is 2.15 bits per heavy atom. The molecule has 7 heteroatoms. The molecule has 0 fully saturated rings. The van der Waals surface area contributed by atoms with Crippen LogP contribution in [0.4, 0.5) is 11.6 Å². The van der Waals surface area contributed by atoms with Crippen LogP contribution in [0.2, 0.25) is 0 Å². The predicted octanol–water partition coefficient (Wildman–Crippen LogP) is 1.56. The van der Waals surface area contributed by atoms with Gasteiger partial charge in [0.05, 0.1) is 5.69 Å². The van der Waals surface area contributed by atoms with Crippen molar-refractivity contribution in [1.29, 1.82) is 0 Å². The number of fused-ring (bicyclic) bond motifs is 1. The van der Waals surface area contributed by atoms with E-state index in [2.05, 4.69) is 20.3 Å². The second-order valence-electron chi connectivity index (χ2n) is 4.36. The number of hydrogen-bond acceptors (Lipinski definition) is 6. The van der Waals surface area contributed by atoms with Crippen LogP contribution in [0.1, 0.15) is 5.56 Å². The van der Waals surface area contributed by atoms with E-state index in [-0.39, 0.29) is 17.4 Å². The van der Waals surface area contributed by atoms with Gasteiger partial charge in [0.2, 0.25) is 5.95 Å². The Hall–Kier alpha value is -2.96. The molecule has 0 atom stereocenters. The smallest absolute Gasteiger partial charge is 0.221 e. The zero-order chi connectivity index (χ0) is 14.1. The summed E-state index contributed by atoms with van der Waals surface area (Å²) in [5.41, 5.74) is 7.68. The van der Waals surface area contributed by atoms with Crippen molar-refractivity contribution in [2.75, 3.05) is 11.1 Å². The Labute approximate surface area is 114 Å². The van der Waals surface area contributed by atoms with E-state index < -0.39 is 0 Å². The number of H-pyrrole nitrogens is 1. The van der Waals surface area contributed by atoms with E-state index in [1.54, 1.807) is 12.3 Å². The maximum Gasteiger partial charge on any atom is 0.221 e. The maximum atomic E-state index is 9.70. The van der Waals surface area contributed by atoms with Crippen LogP contribution in [0.15, 0.2) is 30.6 Å². The minimum atomic E-state index is -0.00895. The van der Waals surface area contributed by atoms with Crippen molar-refractivity contribution in [3.63, 3.8) is 0 Å². The highest BCUT2D eigenvalue weighted by molar-refractivity contribution is 5.80. The number of nitrogens with two attached hydrogens (primary N) is 1. The molecule has 0 aliphatic carbocycles. The van der Waals surface area contributed by atoms with E-state index >= 15 is 0 Å². The number of aromatic hydroxyl groups is 2. The summed E-state index contributed by atoms with van der Waals surface area (Å²) in [5, 5.41) is 22.9. The number of aromatic amines is 1. The molecule has 3 aromatic rings. The van der Waals surface area contributed by atoms with Crippen molar-refractivity contribution in [2.45, 2.75) is 6.54 Å². The fraction of sp³-hybridized carbons (Fsp3) is 0.0769. The topological polar surface area (TPSA) is 120 Å². The van der Waals surface area contributed by atoms with Crippen LogP contribution in [0, 0.1) is 0 Å². The number of anilines is 2. The fourth-order valence-corrected chi connectivity index (χ4v) is 1.98. The Balaban J connectivity index is 1.83. The fourth-order valence-electron chi connectivity index (χ4n) is 1.98. The third-order valence-electron chi connectivity index (χ3n) is 2.99. The van der Waals surface area contributed by atoms with Crippen LogP contribution >= 0.6 is 0 Å². The quantitative estimate of drug-likeness (QED) is 0.364. The lowest BCUT2D eigenvalue weighted by Crippen LogP contribution is -1.99. The van der Waals surface area contributed by atoms with Gasteiger partial charge in [-0.1, -0.05) is 0 Å². The van der Waals surface area contributed by atoms with Crippen LogP contribution in [0.25, 0.3) is 11.0 Å². The van der Waals surface area contributed by atoms with Gasteiger partial charge in [-0.15, -0.1) is 0 Å². The molecule has 0 amide bonds. The van der Waals surface area contributed by atoms with Crippen molar-refractivity contribution in [3.8, 4) is 11.5 Å². The van der Waals surface area contributed by atoms with Crippen LogP contribution in [0.5, 0.6) is 11.5 Å². The maximum absolute atomic E-state index is 9.70. The average molecular weight is 271 g/mol. The molecule has 0 unspecified atom stereocenters. The van der Waals surface area contributed by atoms with Crippen molar-refractivity contribution in [3.05, 3.63) is 36.2 Å². The van der Waals surface area contributed by atoms with E-state index in [1.165, 1.54) is 12.1 Å². The Morgan fingerprint density at radius 1 is 1.30 bits per heavy atom. The molecular formula is C13H13N5O2. The summed E-state index contributed by atoms with van der Waals surface area (Å²) in [5.74, 6) is 0.226. The Morgan fingerprint density at radius 3 is 2.95 bits per heavy atom. The second kappa shape index (κ2) is 4.61. The summed E-state index contributed by atoms with van der Waals surface area (Å²) < 4.78 is 0. The molecule has 20 heavy (non-hydrogen) atoms. The second-order valence-corrected chi connectivity index (χ2v) is 4.36. The Bertz CT molecular complexity index is 769. The first kappa shape index (κ1) is 12.1. The highest BCUT2D eigenvalue weighted by Gasteiger charge is 2.07. The van der Waals surface area contributed by atoms with Crippen molar-refractivity contribution in [2.24, 2.45) is 0 Å². The van der Waals surface area contributed by atoms with Gasteiger partial charge in [-0.3, -0.25) is 0 Å².